The van der Waals surface area contributed by atoms with Crippen LogP contribution in [0.3, 0.4) is 0 Å². The lowest BCUT2D eigenvalue weighted by Crippen LogP contribution is -2.26. The van der Waals surface area contributed by atoms with Crippen molar-refractivity contribution in [1.82, 2.24) is 4.98 Å². The average molecular weight is 399 g/mol. The van der Waals surface area contributed by atoms with Crippen LogP contribution in [-0.2, 0) is 9.53 Å². The van der Waals surface area contributed by atoms with Crippen LogP contribution < -0.4 is 4.74 Å². The Morgan fingerprint density at radius 3 is 2.45 bits per heavy atom. The third-order valence-electron chi connectivity index (χ3n) is 5.19. The molecule has 2 rings (SSSR count). The smallest absolute Gasteiger partial charge is 0.309 e. The maximum atomic E-state index is 12.5. The van der Waals surface area contributed by atoms with Gasteiger partial charge in [0.05, 0.1) is 13.0 Å². The van der Waals surface area contributed by atoms with Gasteiger partial charge in [0.1, 0.15) is 6.10 Å². The molecule has 1 aromatic carbocycles. The number of esters is 1. The molecule has 0 bridgehead atoms. The van der Waals surface area contributed by atoms with Crippen LogP contribution in [0.5, 0.6) is 11.5 Å². The van der Waals surface area contributed by atoms with E-state index in [-0.39, 0.29) is 35.6 Å². The number of hydrogen-bond acceptors (Lipinski definition) is 6. The predicted octanol–water partition coefficient (Wildman–Crippen LogP) is 4.36. The first-order chi connectivity index (χ1) is 13.6. The quantitative estimate of drug-likeness (QED) is 0.524. The number of carbonyl (C=O) groups excluding carboxylic acids is 2. The van der Waals surface area contributed by atoms with Gasteiger partial charge in [0.25, 0.3) is 0 Å². The third-order valence-corrected chi connectivity index (χ3v) is 5.19. The third kappa shape index (κ3) is 5.34. The Kier molecular flexibility index (Phi) is 7.37. The van der Waals surface area contributed by atoms with Crippen molar-refractivity contribution in [3.05, 3.63) is 52.8 Å². The van der Waals surface area contributed by atoms with E-state index in [9.17, 15) is 14.7 Å². The fourth-order valence-electron chi connectivity index (χ4n) is 3.25. The first kappa shape index (κ1) is 22.4. The topological polar surface area (TPSA) is 85.7 Å². The number of aromatic hydroxyl groups is 1. The van der Waals surface area contributed by atoms with Gasteiger partial charge in [-0.15, -0.1) is 0 Å². The zero-order valence-corrected chi connectivity index (χ0v) is 17.9. The molecule has 0 aliphatic carbocycles. The van der Waals surface area contributed by atoms with Crippen molar-refractivity contribution in [3.8, 4) is 11.5 Å². The molecular formula is C23H29NO5. The predicted molar refractivity (Wildman–Crippen MR) is 110 cm³/mol. The molecule has 6 heteroatoms. The largest absolute Gasteiger partial charge is 0.503 e. The number of Topliss-reactive ketones (excluding diaryl/α,β-unsaturated/α-hetero) is 1. The fourth-order valence-corrected chi connectivity index (χ4v) is 3.25. The normalized spacial score (nSPS) is 14.0. The Balaban J connectivity index is 2.02. The molecule has 1 N–H and O–H groups in total. The number of ether oxygens (including phenoxy) is 2. The maximum absolute atomic E-state index is 12.5. The van der Waals surface area contributed by atoms with Crippen LogP contribution in [0.4, 0.5) is 0 Å². The lowest BCUT2D eigenvalue weighted by molar-refractivity contribution is -0.153. The van der Waals surface area contributed by atoms with Crippen LogP contribution in [0.1, 0.15) is 60.3 Å². The summed E-state index contributed by atoms with van der Waals surface area (Å²) in [5.41, 5.74) is 3.36. The van der Waals surface area contributed by atoms with Crippen LogP contribution in [0.25, 0.3) is 0 Å². The first-order valence-corrected chi connectivity index (χ1v) is 9.68. The van der Waals surface area contributed by atoms with Crippen molar-refractivity contribution < 1.29 is 24.2 Å². The van der Waals surface area contributed by atoms with Gasteiger partial charge >= 0.3 is 5.97 Å². The minimum absolute atomic E-state index is 0.0200. The molecule has 0 aliphatic rings. The summed E-state index contributed by atoms with van der Waals surface area (Å²) in [5.74, 6) is -1.70. The lowest BCUT2D eigenvalue weighted by Gasteiger charge is -2.24. The lowest BCUT2D eigenvalue weighted by atomic mass is 9.91. The van der Waals surface area contributed by atoms with Crippen molar-refractivity contribution in [2.75, 3.05) is 7.11 Å². The highest BCUT2D eigenvalue weighted by Gasteiger charge is 2.26. The summed E-state index contributed by atoms with van der Waals surface area (Å²) in [7, 11) is 1.39. The molecule has 0 aliphatic heterocycles. The van der Waals surface area contributed by atoms with Gasteiger partial charge in [-0.2, -0.15) is 0 Å². The second kappa shape index (κ2) is 9.54. The summed E-state index contributed by atoms with van der Waals surface area (Å²) in [6.45, 7) is 9.59. The Morgan fingerprint density at radius 2 is 1.83 bits per heavy atom. The van der Waals surface area contributed by atoms with Crippen molar-refractivity contribution in [2.45, 2.75) is 53.1 Å². The van der Waals surface area contributed by atoms with Crippen LogP contribution >= 0.6 is 0 Å². The fraction of sp³-hybridized carbons (Fsp3) is 0.435. The number of hydrogen-bond donors (Lipinski definition) is 1. The van der Waals surface area contributed by atoms with Crippen LogP contribution in [-0.4, -0.2) is 35.1 Å². The molecule has 29 heavy (non-hydrogen) atoms. The Bertz CT molecular complexity index is 893. The number of benzene rings is 1. The number of rotatable bonds is 8. The van der Waals surface area contributed by atoms with Gasteiger partial charge in [-0.1, -0.05) is 37.6 Å². The SMILES string of the molecule is COc1ccnc(C(=O)C[C@@H](C)C(=O)O[C@H](C)[C@H](C)c2ccc(C)cc2C)c1O. The van der Waals surface area contributed by atoms with E-state index >= 15 is 0 Å². The van der Waals surface area contributed by atoms with E-state index < -0.39 is 17.7 Å². The second-order valence-corrected chi connectivity index (χ2v) is 7.53. The number of aromatic nitrogens is 1. The van der Waals surface area contributed by atoms with E-state index in [2.05, 4.69) is 17.1 Å². The van der Waals surface area contributed by atoms with Gasteiger partial charge < -0.3 is 14.6 Å². The summed E-state index contributed by atoms with van der Waals surface area (Å²) >= 11 is 0. The Labute approximate surface area is 171 Å². The minimum Gasteiger partial charge on any atom is -0.503 e. The van der Waals surface area contributed by atoms with Gasteiger partial charge in [-0.25, -0.2) is 4.98 Å². The maximum Gasteiger partial charge on any atom is 0.309 e. The molecule has 156 valence electrons. The number of aryl methyl sites for hydroxylation is 2. The molecule has 0 fully saturated rings. The highest BCUT2D eigenvalue weighted by molar-refractivity contribution is 5.99. The monoisotopic (exact) mass is 399 g/mol. The molecule has 0 spiro atoms. The van der Waals surface area contributed by atoms with Gasteiger partial charge in [-0.3, -0.25) is 9.59 Å². The molecule has 0 saturated heterocycles. The van der Waals surface area contributed by atoms with E-state index in [1.54, 1.807) is 6.92 Å². The molecule has 0 amide bonds. The van der Waals surface area contributed by atoms with Crippen molar-refractivity contribution >= 4 is 11.8 Å². The number of methoxy groups -OCH3 is 1. The molecule has 6 nitrogen and oxygen atoms in total. The van der Waals surface area contributed by atoms with E-state index in [0.717, 1.165) is 11.1 Å². The second-order valence-electron chi connectivity index (χ2n) is 7.53. The zero-order chi connectivity index (χ0) is 21.7. The van der Waals surface area contributed by atoms with Crippen molar-refractivity contribution in [1.29, 1.82) is 0 Å². The van der Waals surface area contributed by atoms with E-state index in [0.29, 0.717) is 0 Å². The van der Waals surface area contributed by atoms with Gasteiger partial charge in [0.15, 0.2) is 23.0 Å². The summed E-state index contributed by atoms with van der Waals surface area (Å²) < 4.78 is 10.6. The van der Waals surface area contributed by atoms with Crippen molar-refractivity contribution in [3.63, 3.8) is 0 Å². The van der Waals surface area contributed by atoms with Crippen LogP contribution in [0.2, 0.25) is 0 Å². The molecule has 1 aromatic heterocycles. The Morgan fingerprint density at radius 1 is 1.14 bits per heavy atom. The highest BCUT2D eigenvalue weighted by Crippen LogP contribution is 2.30. The molecule has 1 heterocycles. The standard InChI is InChI=1S/C23H29NO5/c1-13-7-8-18(14(2)11-13)16(4)17(5)29-23(27)15(3)12-19(25)21-22(26)20(28-6)9-10-24-21/h7-11,15-17,26H,12H2,1-6H3/t15-,16+,17-/m1/s1. The number of ketones is 1. The molecule has 3 atom stereocenters. The Hall–Kier alpha value is -2.89. The highest BCUT2D eigenvalue weighted by atomic mass is 16.5. The van der Waals surface area contributed by atoms with Gasteiger partial charge in [0, 0.05) is 24.6 Å². The molecule has 2 aromatic rings. The van der Waals surface area contributed by atoms with Gasteiger partial charge in [0.2, 0.25) is 0 Å². The minimum atomic E-state index is -0.663. The van der Waals surface area contributed by atoms with Crippen LogP contribution in [0.15, 0.2) is 30.5 Å². The number of nitrogens with zero attached hydrogens (tertiary/aromatic N) is 1. The molecule has 0 saturated carbocycles. The summed E-state index contributed by atoms with van der Waals surface area (Å²) in [5, 5.41) is 10.1. The van der Waals surface area contributed by atoms with Crippen LogP contribution in [0, 0.1) is 19.8 Å². The summed E-state index contributed by atoms with van der Waals surface area (Å²) in [6, 6.07) is 7.67. The molecule has 0 radical (unpaired) electrons. The summed E-state index contributed by atoms with van der Waals surface area (Å²) in [6.07, 6.45) is 0.921. The molecular weight excluding hydrogens is 370 g/mol. The average Bonchev–Trinajstić information content (AvgIpc) is 2.67. The number of carbonyl (C=O) groups is 2. The zero-order valence-electron chi connectivity index (χ0n) is 17.9. The molecule has 0 unspecified atom stereocenters. The first-order valence-electron chi connectivity index (χ1n) is 9.68. The number of pyridine rings is 1. The van der Waals surface area contributed by atoms with E-state index in [1.165, 1.54) is 24.9 Å². The van der Waals surface area contributed by atoms with E-state index in [1.807, 2.05) is 33.8 Å². The van der Waals surface area contributed by atoms with Gasteiger partial charge in [-0.05, 0) is 31.9 Å². The summed E-state index contributed by atoms with van der Waals surface area (Å²) in [4.78, 5) is 28.9. The van der Waals surface area contributed by atoms with Crippen molar-refractivity contribution in [2.24, 2.45) is 5.92 Å². The van der Waals surface area contributed by atoms with E-state index in [4.69, 9.17) is 9.47 Å².